The van der Waals surface area contributed by atoms with Crippen molar-refractivity contribution in [3.8, 4) is 23.6 Å². The molecule has 0 radical (unpaired) electrons. The highest BCUT2D eigenvalue weighted by Gasteiger charge is 2.39. The fourth-order valence-corrected chi connectivity index (χ4v) is 4.27. The van der Waals surface area contributed by atoms with Gasteiger partial charge in [0, 0.05) is 35.0 Å². The molecule has 2 N–H and O–H groups in total. The quantitative estimate of drug-likeness (QED) is 0.391. The molecule has 178 valence electrons. The van der Waals surface area contributed by atoms with Gasteiger partial charge in [-0.1, -0.05) is 25.8 Å². The van der Waals surface area contributed by atoms with Crippen molar-refractivity contribution in [1.82, 2.24) is 14.7 Å². The number of anilines is 1. The topological polar surface area (TPSA) is 58.4 Å². The average Bonchev–Trinajstić information content (AvgIpc) is 3.39. The Balaban J connectivity index is 1.62. The fraction of sp³-hybridized carbons (Fsp3) is 0.429. The zero-order valence-corrected chi connectivity index (χ0v) is 20.5. The van der Waals surface area contributed by atoms with E-state index in [1.54, 1.807) is 6.20 Å². The third-order valence-corrected chi connectivity index (χ3v) is 7.11. The normalized spacial score (nSPS) is 14.6. The summed E-state index contributed by atoms with van der Waals surface area (Å²) < 4.78 is 16.7. The van der Waals surface area contributed by atoms with Crippen LogP contribution in [0.15, 0.2) is 36.7 Å². The lowest BCUT2D eigenvalue weighted by atomic mass is 9.95. The summed E-state index contributed by atoms with van der Waals surface area (Å²) in [6.45, 7) is 8.27. The molecule has 0 spiro atoms. The Morgan fingerprint density at radius 1 is 1.29 bits per heavy atom. The second-order valence-corrected chi connectivity index (χ2v) is 9.70. The highest BCUT2D eigenvalue weighted by atomic mass is 19.1. The Morgan fingerprint density at radius 2 is 2.03 bits per heavy atom. The lowest BCUT2D eigenvalue weighted by Crippen LogP contribution is -2.34. The number of aromatic nitrogens is 2. The molecule has 2 aromatic heterocycles. The minimum absolute atomic E-state index is 0.0357. The molecule has 0 unspecified atom stereocenters. The van der Waals surface area contributed by atoms with Crippen LogP contribution in [-0.2, 0) is 0 Å². The van der Waals surface area contributed by atoms with Crippen LogP contribution in [0.3, 0.4) is 0 Å². The lowest BCUT2D eigenvalue weighted by molar-refractivity contribution is 0.0935. The Kier molecular flexibility index (Phi) is 6.40. The smallest absolute Gasteiger partial charge is 0.251 e. The largest absolute Gasteiger partial charge is 0.382 e. The number of hydrogen-bond donors (Lipinski definition) is 2. The molecule has 5 nitrogen and oxygen atoms in total. The van der Waals surface area contributed by atoms with Gasteiger partial charge in [0.05, 0.1) is 17.6 Å². The maximum Gasteiger partial charge on any atom is 0.251 e. The number of terminal acetylenes is 1. The summed E-state index contributed by atoms with van der Waals surface area (Å²) in [5, 5.41) is 6.46. The molecule has 4 rings (SSSR count). The Labute approximate surface area is 201 Å². The van der Waals surface area contributed by atoms with Gasteiger partial charge in [0.25, 0.3) is 5.91 Å². The van der Waals surface area contributed by atoms with E-state index >= 15 is 0 Å². The van der Waals surface area contributed by atoms with Crippen molar-refractivity contribution in [3.63, 3.8) is 0 Å². The van der Waals surface area contributed by atoms with Crippen LogP contribution in [-0.4, -0.2) is 33.0 Å². The summed E-state index contributed by atoms with van der Waals surface area (Å²) in [7, 11) is 0. The van der Waals surface area contributed by atoms with E-state index in [2.05, 4.69) is 28.5 Å². The molecule has 1 amide bonds. The molecule has 1 fully saturated rings. The van der Waals surface area contributed by atoms with Crippen LogP contribution in [0.2, 0.25) is 0 Å². The van der Waals surface area contributed by atoms with Gasteiger partial charge in [0.1, 0.15) is 5.67 Å². The van der Waals surface area contributed by atoms with E-state index in [-0.39, 0.29) is 11.4 Å². The number of nitrogens with zero attached hydrogens (tertiary/aromatic N) is 2. The second-order valence-electron chi connectivity index (χ2n) is 9.70. The van der Waals surface area contributed by atoms with E-state index in [0.29, 0.717) is 36.9 Å². The van der Waals surface area contributed by atoms with Crippen molar-refractivity contribution >= 4 is 17.2 Å². The van der Waals surface area contributed by atoms with E-state index in [9.17, 15) is 9.18 Å². The number of rotatable bonds is 9. The third kappa shape index (κ3) is 4.79. The van der Waals surface area contributed by atoms with Crippen LogP contribution >= 0.6 is 0 Å². The maximum atomic E-state index is 14.7. The molecule has 1 aromatic carbocycles. The fourth-order valence-electron chi connectivity index (χ4n) is 4.27. The SMILES string of the molecule is C#Cc1cc(NCCC(F)(CC)CC)c2ncc(-c3ccc(C(=O)NC4(C)CC4)c(C)c3)n2c1. The van der Waals surface area contributed by atoms with Gasteiger partial charge in [0.2, 0.25) is 0 Å². The average molecular weight is 461 g/mol. The Hall–Kier alpha value is -3.33. The van der Waals surface area contributed by atoms with Crippen LogP contribution in [0.5, 0.6) is 0 Å². The summed E-state index contributed by atoms with van der Waals surface area (Å²) in [6.07, 6.45) is 12.9. The maximum absolute atomic E-state index is 14.7. The number of pyridine rings is 1. The van der Waals surface area contributed by atoms with Gasteiger partial charge < -0.3 is 10.6 Å². The summed E-state index contributed by atoms with van der Waals surface area (Å²) in [6, 6.07) is 7.69. The zero-order valence-electron chi connectivity index (χ0n) is 20.5. The number of imidazole rings is 1. The van der Waals surface area contributed by atoms with E-state index in [1.807, 2.05) is 55.6 Å². The zero-order chi connectivity index (χ0) is 24.5. The van der Waals surface area contributed by atoms with Crippen LogP contribution < -0.4 is 10.6 Å². The summed E-state index contributed by atoms with van der Waals surface area (Å²) >= 11 is 0. The van der Waals surface area contributed by atoms with Gasteiger partial charge in [-0.2, -0.15) is 0 Å². The number of nitrogens with one attached hydrogen (secondary N) is 2. The monoisotopic (exact) mass is 460 g/mol. The molecule has 1 aliphatic carbocycles. The first-order valence-corrected chi connectivity index (χ1v) is 12.0. The highest BCUT2D eigenvalue weighted by molar-refractivity contribution is 5.97. The molecule has 3 aromatic rings. The molecule has 1 saturated carbocycles. The lowest BCUT2D eigenvalue weighted by Gasteiger charge is -2.22. The first kappa shape index (κ1) is 23.8. The first-order chi connectivity index (χ1) is 16.2. The molecule has 34 heavy (non-hydrogen) atoms. The molecule has 2 heterocycles. The van der Waals surface area contributed by atoms with Gasteiger partial charge in [-0.05, 0) is 69.7 Å². The van der Waals surface area contributed by atoms with Crippen molar-refractivity contribution in [2.75, 3.05) is 11.9 Å². The molecule has 6 heteroatoms. The van der Waals surface area contributed by atoms with Crippen molar-refractivity contribution in [2.45, 2.75) is 71.0 Å². The number of aryl methyl sites for hydroxylation is 1. The molecule has 1 aliphatic rings. The minimum atomic E-state index is -1.17. The summed E-state index contributed by atoms with van der Waals surface area (Å²) in [5.74, 6) is 2.67. The van der Waals surface area contributed by atoms with Crippen molar-refractivity contribution in [2.24, 2.45) is 0 Å². The predicted molar refractivity (Wildman–Crippen MR) is 136 cm³/mol. The highest BCUT2D eigenvalue weighted by Crippen LogP contribution is 2.35. The predicted octanol–water partition coefficient (Wildman–Crippen LogP) is 5.90. The summed E-state index contributed by atoms with van der Waals surface area (Å²) in [4.78, 5) is 17.3. The number of carbonyl (C=O) groups excluding carboxylic acids is 1. The molecular formula is C28H33FN4O. The second kappa shape index (κ2) is 9.13. The van der Waals surface area contributed by atoms with Crippen LogP contribution in [0.25, 0.3) is 16.9 Å². The van der Waals surface area contributed by atoms with Crippen LogP contribution in [0, 0.1) is 19.3 Å². The number of fused-ring (bicyclic) bond motifs is 1. The summed E-state index contributed by atoms with van der Waals surface area (Å²) in [5.41, 5.74) is 4.38. The number of amides is 1. The molecule has 0 bridgehead atoms. The molecule has 0 saturated heterocycles. The minimum Gasteiger partial charge on any atom is -0.382 e. The van der Waals surface area contributed by atoms with E-state index < -0.39 is 5.67 Å². The van der Waals surface area contributed by atoms with E-state index in [1.165, 1.54) is 0 Å². The number of halogens is 1. The molecule has 0 atom stereocenters. The van der Waals surface area contributed by atoms with Gasteiger partial charge >= 0.3 is 0 Å². The standard InChI is InChI=1S/C28H33FN4O/c1-6-20-16-23(30-14-13-28(29,7-2)8-3)25-31-17-24(33(25)18-20)21-9-10-22(19(4)15-21)26(34)32-27(5)11-12-27/h1,9-10,15-18,30H,7-8,11-14H2,2-5H3,(H,32,34). The Morgan fingerprint density at radius 3 is 2.65 bits per heavy atom. The van der Waals surface area contributed by atoms with Gasteiger partial charge in [-0.3, -0.25) is 9.20 Å². The number of alkyl halides is 1. The number of carbonyl (C=O) groups is 1. The van der Waals surface area contributed by atoms with Crippen LogP contribution in [0.1, 0.15) is 74.4 Å². The number of benzene rings is 1. The van der Waals surface area contributed by atoms with Crippen molar-refractivity contribution < 1.29 is 9.18 Å². The number of hydrogen-bond acceptors (Lipinski definition) is 3. The van der Waals surface area contributed by atoms with Crippen molar-refractivity contribution in [1.29, 1.82) is 0 Å². The first-order valence-electron chi connectivity index (χ1n) is 12.0. The third-order valence-electron chi connectivity index (χ3n) is 7.11. The molecular weight excluding hydrogens is 427 g/mol. The van der Waals surface area contributed by atoms with Gasteiger partial charge in [-0.25, -0.2) is 9.37 Å². The van der Waals surface area contributed by atoms with Crippen molar-refractivity contribution in [3.05, 3.63) is 53.3 Å². The van der Waals surface area contributed by atoms with Gasteiger partial charge in [0.15, 0.2) is 5.65 Å². The molecule has 0 aliphatic heterocycles. The Bertz CT molecular complexity index is 1260. The van der Waals surface area contributed by atoms with E-state index in [4.69, 9.17) is 6.42 Å². The van der Waals surface area contributed by atoms with Crippen LogP contribution in [0.4, 0.5) is 10.1 Å². The van der Waals surface area contributed by atoms with E-state index in [0.717, 1.165) is 41.0 Å². The van der Waals surface area contributed by atoms with Gasteiger partial charge in [-0.15, -0.1) is 6.42 Å².